The van der Waals surface area contributed by atoms with Gasteiger partial charge in [0.05, 0.1) is 30.9 Å². The van der Waals surface area contributed by atoms with Crippen molar-refractivity contribution in [2.24, 2.45) is 0 Å². The van der Waals surface area contributed by atoms with Crippen LogP contribution in [0.5, 0.6) is 0 Å². The minimum Gasteiger partial charge on any atom is -0.376 e. The third-order valence-corrected chi connectivity index (χ3v) is 7.04. The molecule has 1 aromatic carbocycles. The van der Waals surface area contributed by atoms with E-state index in [0.29, 0.717) is 32.2 Å². The van der Waals surface area contributed by atoms with Gasteiger partial charge in [0.15, 0.2) is 0 Å². The first kappa shape index (κ1) is 22.1. The highest BCUT2D eigenvalue weighted by molar-refractivity contribution is 5.80. The Bertz CT molecular complexity index is 746. The van der Waals surface area contributed by atoms with Gasteiger partial charge in [-0.25, -0.2) is 4.79 Å². The lowest BCUT2D eigenvalue weighted by Crippen LogP contribution is -2.72. The fraction of sp³-hybridized carbons (Fsp3) is 0.667. The number of rotatable bonds is 5. The van der Waals surface area contributed by atoms with Gasteiger partial charge in [-0.05, 0) is 56.9 Å². The first-order valence-electron chi connectivity index (χ1n) is 11.7. The van der Waals surface area contributed by atoms with Crippen molar-refractivity contribution in [3.8, 4) is 0 Å². The van der Waals surface area contributed by atoms with E-state index in [1.54, 1.807) is 0 Å². The summed E-state index contributed by atoms with van der Waals surface area (Å²) in [7, 11) is 0. The molecule has 31 heavy (non-hydrogen) atoms. The van der Waals surface area contributed by atoms with E-state index in [1.165, 1.54) is 5.56 Å². The number of urea groups is 1. The van der Waals surface area contributed by atoms with Gasteiger partial charge in [0, 0.05) is 13.1 Å². The zero-order valence-electron chi connectivity index (χ0n) is 18.5. The number of hydrogen-bond acceptors (Lipinski definition) is 4. The van der Waals surface area contributed by atoms with Crippen LogP contribution in [0.3, 0.4) is 0 Å². The number of likely N-dealkylation sites (tertiary alicyclic amines) is 1. The molecular formula is C24H35N3O4. The monoisotopic (exact) mass is 429 g/mol. The van der Waals surface area contributed by atoms with E-state index in [2.05, 4.69) is 41.0 Å². The molecule has 1 spiro atoms. The van der Waals surface area contributed by atoms with Crippen LogP contribution in [0.15, 0.2) is 30.3 Å². The van der Waals surface area contributed by atoms with Crippen LogP contribution in [-0.2, 0) is 14.3 Å². The van der Waals surface area contributed by atoms with Crippen molar-refractivity contribution in [3.05, 3.63) is 35.9 Å². The number of ether oxygens (including phenoxy) is 2. The summed E-state index contributed by atoms with van der Waals surface area (Å²) in [5.74, 6) is 0.484. The normalized spacial score (nSPS) is 31.3. The third-order valence-electron chi connectivity index (χ3n) is 7.04. The van der Waals surface area contributed by atoms with Gasteiger partial charge in [-0.1, -0.05) is 30.3 Å². The number of hydrogen-bond donors (Lipinski definition) is 2. The molecule has 3 aliphatic rings. The molecule has 2 saturated heterocycles. The quantitative estimate of drug-likeness (QED) is 0.754. The van der Waals surface area contributed by atoms with Crippen molar-refractivity contribution in [2.45, 2.75) is 69.1 Å². The minimum absolute atomic E-state index is 0.0833. The predicted molar refractivity (Wildman–Crippen MR) is 118 cm³/mol. The second kappa shape index (κ2) is 10.0. The van der Waals surface area contributed by atoms with Crippen LogP contribution in [0, 0.1) is 0 Å². The van der Waals surface area contributed by atoms with Gasteiger partial charge >= 0.3 is 6.03 Å². The Balaban J connectivity index is 1.40. The first-order valence-corrected chi connectivity index (χ1v) is 11.7. The van der Waals surface area contributed by atoms with E-state index < -0.39 is 5.54 Å². The lowest BCUT2D eigenvalue weighted by atomic mass is 9.80. The van der Waals surface area contributed by atoms with E-state index in [1.807, 2.05) is 11.8 Å². The highest BCUT2D eigenvalue weighted by Gasteiger charge is 2.49. The Morgan fingerprint density at radius 2 is 2.03 bits per heavy atom. The Kier molecular flexibility index (Phi) is 7.13. The largest absolute Gasteiger partial charge is 0.376 e. The minimum atomic E-state index is -0.570. The zero-order chi connectivity index (χ0) is 21.7. The fourth-order valence-corrected chi connectivity index (χ4v) is 5.44. The molecule has 3 fully saturated rings. The molecule has 1 aliphatic carbocycles. The summed E-state index contributed by atoms with van der Waals surface area (Å²) >= 11 is 0. The number of morpholine rings is 1. The van der Waals surface area contributed by atoms with Gasteiger partial charge in [-0.15, -0.1) is 0 Å². The Labute approximate surface area is 184 Å². The molecule has 2 N–H and O–H groups in total. The SMILES string of the molecule is CCNC(=O)N1CCCC2(COCC(=O)N2)C1COC1CCC(c2ccccc2)CC1. The van der Waals surface area contributed by atoms with Crippen LogP contribution in [0.1, 0.15) is 56.9 Å². The van der Waals surface area contributed by atoms with E-state index in [4.69, 9.17) is 9.47 Å². The number of carbonyl (C=O) groups is 2. The molecule has 1 saturated carbocycles. The maximum atomic E-state index is 12.8. The van der Waals surface area contributed by atoms with Gasteiger partial charge in [0.25, 0.3) is 0 Å². The van der Waals surface area contributed by atoms with Crippen molar-refractivity contribution in [2.75, 3.05) is 32.9 Å². The Morgan fingerprint density at radius 1 is 1.26 bits per heavy atom. The maximum absolute atomic E-state index is 12.8. The number of carbonyl (C=O) groups excluding carboxylic acids is 2. The summed E-state index contributed by atoms with van der Waals surface area (Å²) in [6.07, 6.45) is 6.08. The molecule has 4 rings (SSSR count). The van der Waals surface area contributed by atoms with E-state index in [9.17, 15) is 9.59 Å². The highest BCUT2D eigenvalue weighted by atomic mass is 16.5. The molecule has 2 atom stereocenters. The van der Waals surface area contributed by atoms with Gasteiger partial charge < -0.3 is 25.0 Å². The van der Waals surface area contributed by atoms with Crippen molar-refractivity contribution in [1.82, 2.24) is 15.5 Å². The average Bonchev–Trinajstić information content (AvgIpc) is 2.79. The molecule has 2 aliphatic heterocycles. The predicted octanol–water partition coefficient (Wildman–Crippen LogP) is 2.81. The molecule has 0 aromatic heterocycles. The summed E-state index contributed by atoms with van der Waals surface area (Å²) in [4.78, 5) is 26.8. The summed E-state index contributed by atoms with van der Waals surface area (Å²) in [6.45, 7) is 4.07. The number of benzene rings is 1. The fourth-order valence-electron chi connectivity index (χ4n) is 5.44. The molecule has 0 radical (unpaired) electrons. The average molecular weight is 430 g/mol. The van der Waals surface area contributed by atoms with Crippen LogP contribution in [0.4, 0.5) is 4.79 Å². The van der Waals surface area contributed by atoms with Gasteiger partial charge in [0.1, 0.15) is 6.61 Å². The lowest BCUT2D eigenvalue weighted by molar-refractivity contribution is -0.143. The van der Waals surface area contributed by atoms with Gasteiger partial charge in [-0.2, -0.15) is 0 Å². The van der Waals surface area contributed by atoms with Crippen molar-refractivity contribution < 1.29 is 19.1 Å². The van der Waals surface area contributed by atoms with Crippen LogP contribution < -0.4 is 10.6 Å². The van der Waals surface area contributed by atoms with Crippen molar-refractivity contribution in [3.63, 3.8) is 0 Å². The smallest absolute Gasteiger partial charge is 0.317 e. The van der Waals surface area contributed by atoms with Crippen LogP contribution >= 0.6 is 0 Å². The number of piperidine rings is 1. The van der Waals surface area contributed by atoms with E-state index in [0.717, 1.165) is 38.5 Å². The van der Waals surface area contributed by atoms with E-state index in [-0.39, 0.29) is 30.7 Å². The summed E-state index contributed by atoms with van der Waals surface area (Å²) in [6, 6.07) is 10.4. The maximum Gasteiger partial charge on any atom is 0.317 e. The zero-order valence-corrected chi connectivity index (χ0v) is 18.5. The van der Waals surface area contributed by atoms with Crippen LogP contribution in [0.2, 0.25) is 0 Å². The van der Waals surface area contributed by atoms with Crippen molar-refractivity contribution in [1.29, 1.82) is 0 Å². The standard InChI is InChI=1S/C24H35N3O4/c1-2-25-23(29)27-14-6-13-24(17-30-16-22(28)26-24)21(27)15-31-20-11-9-19(10-12-20)18-7-4-3-5-8-18/h3-5,7-8,19-21H,2,6,9-17H2,1H3,(H,25,29)(H,26,28). The molecule has 0 bridgehead atoms. The number of amides is 3. The summed E-state index contributed by atoms with van der Waals surface area (Å²) in [5, 5.41) is 6.08. The molecule has 3 amide bonds. The lowest BCUT2D eigenvalue weighted by Gasteiger charge is -2.51. The Morgan fingerprint density at radius 3 is 2.74 bits per heavy atom. The Hall–Kier alpha value is -2.12. The number of nitrogens with zero attached hydrogens (tertiary/aromatic N) is 1. The molecule has 7 nitrogen and oxygen atoms in total. The van der Waals surface area contributed by atoms with Crippen molar-refractivity contribution >= 4 is 11.9 Å². The second-order valence-electron chi connectivity index (χ2n) is 9.06. The summed E-state index contributed by atoms with van der Waals surface area (Å²) in [5.41, 5.74) is 0.844. The molecule has 170 valence electrons. The van der Waals surface area contributed by atoms with Crippen LogP contribution in [0.25, 0.3) is 0 Å². The van der Waals surface area contributed by atoms with Gasteiger partial charge in [0.2, 0.25) is 5.91 Å². The molecule has 2 unspecified atom stereocenters. The third kappa shape index (κ3) is 5.04. The highest BCUT2D eigenvalue weighted by Crippen LogP contribution is 2.35. The number of nitrogens with one attached hydrogen (secondary N) is 2. The first-order chi connectivity index (χ1) is 15.1. The molecule has 7 heteroatoms. The molecule has 1 aromatic rings. The topological polar surface area (TPSA) is 79.9 Å². The van der Waals surface area contributed by atoms with Crippen LogP contribution in [-0.4, -0.2) is 67.4 Å². The van der Waals surface area contributed by atoms with E-state index >= 15 is 0 Å². The second-order valence-corrected chi connectivity index (χ2v) is 9.06. The summed E-state index contributed by atoms with van der Waals surface area (Å²) < 4.78 is 12.0. The van der Waals surface area contributed by atoms with Gasteiger partial charge in [-0.3, -0.25) is 4.79 Å². The molecule has 2 heterocycles. The molecular weight excluding hydrogens is 394 g/mol.